The molecule has 2 amide bonds. The van der Waals surface area contributed by atoms with Gasteiger partial charge in [-0.3, -0.25) is 9.59 Å². The summed E-state index contributed by atoms with van der Waals surface area (Å²) < 4.78 is 2.03. The third-order valence-electron chi connectivity index (χ3n) is 3.71. The second-order valence-corrected chi connectivity index (χ2v) is 7.09. The van der Waals surface area contributed by atoms with Gasteiger partial charge in [-0.05, 0) is 34.5 Å². The number of nitrogens with one attached hydrogen (secondary N) is 2. The van der Waals surface area contributed by atoms with Crippen LogP contribution in [0.2, 0.25) is 0 Å². The summed E-state index contributed by atoms with van der Waals surface area (Å²) in [6.07, 6.45) is 4.44. The van der Waals surface area contributed by atoms with Crippen LogP contribution >= 0.6 is 22.7 Å². The Morgan fingerprint density at radius 1 is 1.24 bits per heavy atom. The molecule has 0 saturated heterocycles. The fourth-order valence-corrected chi connectivity index (χ4v) is 3.89. The van der Waals surface area contributed by atoms with E-state index in [2.05, 4.69) is 21.0 Å². The van der Waals surface area contributed by atoms with Crippen molar-refractivity contribution in [2.45, 2.75) is 18.9 Å². The van der Waals surface area contributed by atoms with Crippen LogP contribution in [0.4, 0.5) is 5.13 Å². The Hall–Kier alpha value is -2.45. The van der Waals surface area contributed by atoms with Gasteiger partial charge in [0.15, 0.2) is 5.13 Å². The second-order valence-electron chi connectivity index (χ2n) is 5.45. The van der Waals surface area contributed by atoms with E-state index in [1.54, 1.807) is 23.8 Å². The van der Waals surface area contributed by atoms with Gasteiger partial charge in [0.1, 0.15) is 0 Å². The molecule has 6 nitrogen and oxygen atoms in total. The molecule has 3 rings (SSSR count). The molecule has 0 aliphatic heterocycles. The van der Waals surface area contributed by atoms with Crippen LogP contribution in [0.15, 0.2) is 46.7 Å². The smallest absolute Gasteiger partial charge is 0.228 e. The van der Waals surface area contributed by atoms with Gasteiger partial charge in [0.05, 0.1) is 24.6 Å². The maximum Gasteiger partial charge on any atom is 0.228 e. The molecule has 0 aromatic carbocycles. The van der Waals surface area contributed by atoms with Crippen molar-refractivity contribution in [3.8, 4) is 0 Å². The van der Waals surface area contributed by atoms with Gasteiger partial charge in [0.2, 0.25) is 11.8 Å². The van der Waals surface area contributed by atoms with Crippen LogP contribution < -0.4 is 10.6 Å². The molecule has 2 N–H and O–H groups in total. The van der Waals surface area contributed by atoms with Crippen molar-refractivity contribution in [2.75, 3.05) is 12.4 Å². The standard InChI is InChI=1S/C17H18N4O2S2/c1-18-15(22)8-13-11-25-17(19-13)20-16(23)9-14(12-4-7-24-10-12)21-5-2-3-6-21/h2-7,10-11,14H,8-9H2,1H3,(H,18,22)(H,19,20,23). The molecule has 1 atom stereocenters. The zero-order chi connectivity index (χ0) is 17.6. The van der Waals surface area contributed by atoms with E-state index in [9.17, 15) is 9.59 Å². The zero-order valence-corrected chi connectivity index (χ0v) is 15.3. The number of carbonyl (C=O) groups excluding carboxylic acids is 2. The average Bonchev–Trinajstić information content (AvgIpc) is 3.35. The summed E-state index contributed by atoms with van der Waals surface area (Å²) in [7, 11) is 1.59. The number of hydrogen-bond acceptors (Lipinski definition) is 5. The minimum Gasteiger partial charge on any atom is -0.359 e. The Morgan fingerprint density at radius 3 is 2.72 bits per heavy atom. The first-order valence-electron chi connectivity index (χ1n) is 7.75. The number of nitrogens with zero attached hydrogens (tertiary/aromatic N) is 2. The van der Waals surface area contributed by atoms with Crippen molar-refractivity contribution in [3.63, 3.8) is 0 Å². The Bertz CT molecular complexity index is 791. The number of hydrogen-bond donors (Lipinski definition) is 2. The van der Waals surface area contributed by atoms with Crippen LogP contribution in [0.3, 0.4) is 0 Å². The summed E-state index contributed by atoms with van der Waals surface area (Å²) >= 11 is 2.94. The van der Waals surface area contributed by atoms with Gasteiger partial charge in [-0.15, -0.1) is 11.3 Å². The van der Waals surface area contributed by atoms with Crippen LogP contribution in [0.5, 0.6) is 0 Å². The van der Waals surface area contributed by atoms with E-state index in [-0.39, 0.29) is 24.3 Å². The van der Waals surface area contributed by atoms with Crippen LogP contribution in [0.1, 0.15) is 23.7 Å². The molecule has 25 heavy (non-hydrogen) atoms. The van der Waals surface area contributed by atoms with Crippen molar-refractivity contribution < 1.29 is 9.59 Å². The van der Waals surface area contributed by atoms with Crippen LogP contribution in [0.25, 0.3) is 0 Å². The van der Waals surface area contributed by atoms with Gasteiger partial charge in [-0.25, -0.2) is 4.98 Å². The Kier molecular flexibility index (Phi) is 5.62. The molecule has 8 heteroatoms. The molecule has 3 heterocycles. The SMILES string of the molecule is CNC(=O)Cc1csc(NC(=O)CC(c2ccsc2)n2cccc2)n1. The molecule has 0 aliphatic rings. The highest BCUT2D eigenvalue weighted by atomic mass is 32.1. The maximum atomic E-state index is 12.5. The highest BCUT2D eigenvalue weighted by molar-refractivity contribution is 7.14. The van der Waals surface area contributed by atoms with Gasteiger partial charge in [-0.2, -0.15) is 11.3 Å². The molecule has 0 radical (unpaired) electrons. The topological polar surface area (TPSA) is 76.0 Å². The molecule has 0 aliphatic carbocycles. The van der Waals surface area contributed by atoms with E-state index < -0.39 is 0 Å². The Morgan fingerprint density at radius 2 is 2.04 bits per heavy atom. The molecule has 130 valence electrons. The first kappa shape index (κ1) is 17.4. The Labute approximate surface area is 153 Å². The number of anilines is 1. The van der Waals surface area contributed by atoms with Crippen LogP contribution in [0, 0.1) is 0 Å². The van der Waals surface area contributed by atoms with E-state index >= 15 is 0 Å². The van der Waals surface area contributed by atoms with E-state index in [0.29, 0.717) is 17.2 Å². The number of likely N-dealkylation sites (N-methyl/N-ethyl adjacent to an activating group) is 1. The monoisotopic (exact) mass is 374 g/mol. The first-order chi connectivity index (χ1) is 12.2. The van der Waals surface area contributed by atoms with E-state index in [1.807, 2.05) is 40.5 Å². The van der Waals surface area contributed by atoms with Gasteiger partial charge in [0.25, 0.3) is 0 Å². The van der Waals surface area contributed by atoms with Crippen LogP contribution in [-0.2, 0) is 16.0 Å². The fourth-order valence-electron chi connectivity index (χ4n) is 2.46. The second kappa shape index (κ2) is 8.09. The molecule has 3 aromatic heterocycles. The number of thiazole rings is 1. The predicted octanol–water partition coefficient (Wildman–Crippen LogP) is 2.91. The summed E-state index contributed by atoms with van der Waals surface area (Å²) in [6.45, 7) is 0. The summed E-state index contributed by atoms with van der Waals surface area (Å²) in [5.74, 6) is -0.209. The average molecular weight is 374 g/mol. The molecular weight excluding hydrogens is 356 g/mol. The van der Waals surface area contributed by atoms with E-state index in [0.717, 1.165) is 5.56 Å². The number of aromatic nitrogens is 2. The summed E-state index contributed by atoms with van der Waals surface area (Å²) in [5.41, 5.74) is 1.76. The lowest BCUT2D eigenvalue weighted by Gasteiger charge is -2.17. The molecule has 0 bridgehead atoms. The number of carbonyl (C=O) groups is 2. The van der Waals surface area contributed by atoms with Crippen molar-refractivity contribution >= 4 is 39.6 Å². The number of thiophene rings is 1. The van der Waals surface area contributed by atoms with Gasteiger partial charge in [0, 0.05) is 24.8 Å². The normalized spacial score (nSPS) is 11.9. The largest absolute Gasteiger partial charge is 0.359 e. The maximum absolute atomic E-state index is 12.5. The predicted molar refractivity (Wildman–Crippen MR) is 100 cm³/mol. The highest BCUT2D eigenvalue weighted by Crippen LogP contribution is 2.25. The summed E-state index contributed by atoms with van der Waals surface area (Å²) in [6, 6.07) is 5.88. The first-order valence-corrected chi connectivity index (χ1v) is 9.57. The lowest BCUT2D eigenvalue weighted by molar-refractivity contribution is -0.120. The van der Waals surface area contributed by atoms with Crippen LogP contribution in [-0.4, -0.2) is 28.4 Å². The molecule has 1 unspecified atom stereocenters. The Balaban J connectivity index is 1.65. The molecule has 0 spiro atoms. The van der Waals surface area contributed by atoms with Crippen molar-refractivity contribution in [1.82, 2.24) is 14.9 Å². The van der Waals surface area contributed by atoms with Crippen molar-refractivity contribution in [1.29, 1.82) is 0 Å². The lowest BCUT2D eigenvalue weighted by atomic mass is 10.1. The summed E-state index contributed by atoms with van der Waals surface area (Å²) in [5, 5.41) is 11.8. The number of amides is 2. The van der Waals surface area contributed by atoms with Crippen molar-refractivity contribution in [3.05, 3.63) is 58.0 Å². The number of rotatable bonds is 7. The zero-order valence-electron chi connectivity index (χ0n) is 13.6. The molecular formula is C17H18N4O2S2. The molecule has 0 fully saturated rings. The van der Waals surface area contributed by atoms with Gasteiger partial charge in [-0.1, -0.05) is 0 Å². The summed E-state index contributed by atoms with van der Waals surface area (Å²) in [4.78, 5) is 28.1. The molecule has 3 aromatic rings. The minimum atomic E-state index is -0.106. The molecule has 0 saturated carbocycles. The van der Waals surface area contributed by atoms with E-state index in [4.69, 9.17) is 0 Å². The van der Waals surface area contributed by atoms with E-state index in [1.165, 1.54) is 11.3 Å². The van der Waals surface area contributed by atoms with Crippen molar-refractivity contribution in [2.24, 2.45) is 0 Å². The third-order valence-corrected chi connectivity index (χ3v) is 5.22. The van der Waals surface area contributed by atoms with Gasteiger partial charge >= 0.3 is 0 Å². The third kappa shape index (κ3) is 4.55. The van der Waals surface area contributed by atoms with Gasteiger partial charge < -0.3 is 15.2 Å². The minimum absolute atomic E-state index is 0.0495. The highest BCUT2D eigenvalue weighted by Gasteiger charge is 2.18. The quantitative estimate of drug-likeness (QED) is 0.668. The lowest BCUT2D eigenvalue weighted by Crippen LogP contribution is -2.20. The fraction of sp³-hybridized carbons (Fsp3) is 0.235.